The minimum atomic E-state index is -0.126. The van der Waals surface area contributed by atoms with Crippen molar-refractivity contribution in [2.75, 3.05) is 6.79 Å². The number of pyridine rings is 1. The van der Waals surface area contributed by atoms with Crippen molar-refractivity contribution in [1.29, 1.82) is 0 Å². The van der Waals surface area contributed by atoms with Crippen LogP contribution in [-0.4, -0.2) is 31.7 Å². The van der Waals surface area contributed by atoms with Crippen LogP contribution in [0.4, 0.5) is 0 Å². The second kappa shape index (κ2) is 6.42. The molecule has 6 rings (SSSR count). The fraction of sp³-hybridized carbons (Fsp3) is 0.200. The molecule has 0 aliphatic carbocycles. The van der Waals surface area contributed by atoms with Crippen molar-refractivity contribution in [3.8, 4) is 34.5 Å². The molecule has 29 heavy (non-hydrogen) atoms. The summed E-state index contributed by atoms with van der Waals surface area (Å²) in [7, 11) is 0. The van der Waals surface area contributed by atoms with Crippen LogP contribution in [0, 0.1) is 0 Å². The van der Waals surface area contributed by atoms with E-state index in [-0.39, 0.29) is 12.9 Å². The molecule has 1 aromatic carbocycles. The molecule has 1 atom stereocenters. The molecule has 0 saturated heterocycles. The molecule has 0 fully saturated rings. The first kappa shape index (κ1) is 16.3. The van der Waals surface area contributed by atoms with Gasteiger partial charge in [-0.15, -0.1) is 0 Å². The van der Waals surface area contributed by atoms with Gasteiger partial charge in [0.1, 0.15) is 6.10 Å². The van der Waals surface area contributed by atoms with Crippen molar-refractivity contribution >= 4 is 0 Å². The molecule has 0 spiro atoms. The second-order valence-corrected chi connectivity index (χ2v) is 6.78. The summed E-state index contributed by atoms with van der Waals surface area (Å²) < 4.78 is 24.2. The van der Waals surface area contributed by atoms with Gasteiger partial charge in [0.2, 0.25) is 12.6 Å². The lowest BCUT2D eigenvalue weighted by atomic mass is 10.1. The molecule has 9 heteroatoms. The van der Waals surface area contributed by atoms with Crippen LogP contribution in [0.3, 0.4) is 0 Å². The number of nitrogens with zero attached hydrogens (tertiary/aromatic N) is 5. The maximum Gasteiger partial charge on any atom is 0.278 e. The Balaban J connectivity index is 1.26. The number of hydrogen-bond acceptors (Lipinski definition) is 8. The molecule has 0 radical (unpaired) electrons. The fourth-order valence-electron chi connectivity index (χ4n) is 3.48. The third-order valence-electron chi connectivity index (χ3n) is 4.97. The maximum atomic E-state index is 6.04. The van der Waals surface area contributed by atoms with Crippen LogP contribution in [0.2, 0.25) is 0 Å². The summed E-state index contributed by atoms with van der Waals surface area (Å²) >= 11 is 0. The summed E-state index contributed by atoms with van der Waals surface area (Å²) in [6.07, 6.45) is 3.26. The average molecular weight is 389 g/mol. The first-order valence-corrected chi connectivity index (χ1v) is 9.16. The molecule has 0 bridgehead atoms. The fourth-order valence-corrected chi connectivity index (χ4v) is 3.48. The van der Waals surface area contributed by atoms with Gasteiger partial charge in [-0.3, -0.25) is 9.67 Å². The highest BCUT2D eigenvalue weighted by Crippen LogP contribution is 2.37. The Morgan fingerprint density at radius 1 is 1.07 bits per heavy atom. The molecule has 2 aliphatic heterocycles. The zero-order valence-corrected chi connectivity index (χ0v) is 15.2. The van der Waals surface area contributed by atoms with Crippen molar-refractivity contribution in [1.82, 2.24) is 24.9 Å². The van der Waals surface area contributed by atoms with Gasteiger partial charge in [-0.2, -0.15) is 10.1 Å². The Hall–Kier alpha value is -3.72. The number of fused-ring (bicyclic) bond motifs is 2. The van der Waals surface area contributed by atoms with Crippen molar-refractivity contribution in [3.63, 3.8) is 0 Å². The quantitative estimate of drug-likeness (QED) is 0.527. The van der Waals surface area contributed by atoms with E-state index in [1.807, 2.05) is 41.1 Å². The van der Waals surface area contributed by atoms with Gasteiger partial charge in [0.25, 0.3) is 5.89 Å². The van der Waals surface area contributed by atoms with E-state index in [1.165, 1.54) is 0 Å². The molecular formula is C20H15N5O4. The third-order valence-corrected chi connectivity index (χ3v) is 4.97. The summed E-state index contributed by atoms with van der Waals surface area (Å²) in [6.45, 7) is 1.27. The largest absolute Gasteiger partial charge is 0.454 e. The summed E-state index contributed by atoms with van der Waals surface area (Å²) in [5.74, 6) is 2.35. The number of rotatable bonds is 3. The van der Waals surface area contributed by atoms with Gasteiger partial charge in [0.15, 0.2) is 17.2 Å². The number of aromatic nitrogens is 5. The first-order valence-electron chi connectivity index (χ1n) is 9.16. The lowest BCUT2D eigenvalue weighted by Crippen LogP contribution is -2.21. The molecule has 0 saturated carbocycles. The zero-order chi connectivity index (χ0) is 19.2. The molecule has 4 aromatic rings. The van der Waals surface area contributed by atoms with Gasteiger partial charge in [-0.05, 0) is 35.9 Å². The van der Waals surface area contributed by atoms with Crippen LogP contribution in [0.25, 0.3) is 23.0 Å². The monoisotopic (exact) mass is 389 g/mol. The van der Waals surface area contributed by atoms with Gasteiger partial charge in [0, 0.05) is 18.0 Å². The van der Waals surface area contributed by atoms with E-state index in [0.717, 1.165) is 28.3 Å². The molecular weight excluding hydrogens is 374 g/mol. The summed E-state index contributed by atoms with van der Waals surface area (Å²) in [4.78, 5) is 8.53. The van der Waals surface area contributed by atoms with Gasteiger partial charge >= 0.3 is 0 Å². The van der Waals surface area contributed by atoms with Crippen LogP contribution in [-0.2, 0) is 17.9 Å². The summed E-state index contributed by atoms with van der Waals surface area (Å²) in [5.41, 5.74) is 3.39. The number of ether oxygens (including phenoxy) is 3. The van der Waals surface area contributed by atoms with Gasteiger partial charge < -0.3 is 18.7 Å². The predicted octanol–water partition coefficient (Wildman–Crippen LogP) is 3.00. The molecule has 1 unspecified atom stereocenters. The van der Waals surface area contributed by atoms with E-state index in [4.69, 9.17) is 18.7 Å². The highest BCUT2D eigenvalue weighted by Gasteiger charge is 2.26. The van der Waals surface area contributed by atoms with Crippen LogP contribution >= 0.6 is 0 Å². The number of benzene rings is 1. The summed E-state index contributed by atoms with van der Waals surface area (Å²) in [5, 5.41) is 8.68. The van der Waals surface area contributed by atoms with Crippen molar-refractivity contribution in [2.45, 2.75) is 19.3 Å². The minimum Gasteiger partial charge on any atom is -0.454 e. The molecule has 0 N–H and O–H groups in total. The van der Waals surface area contributed by atoms with Gasteiger partial charge in [-0.25, -0.2) is 0 Å². The Morgan fingerprint density at radius 3 is 2.97 bits per heavy atom. The third kappa shape index (κ3) is 2.83. The van der Waals surface area contributed by atoms with Crippen LogP contribution < -0.4 is 9.47 Å². The molecule has 3 aromatic heterocycles. The van der Waals surface area contributed by atoms with Crippen molar-refractivity contribution in [3.05, 3.63) is 60.0 Å². The Labute approximate surface area is 164 Å². The first-order chi connectivity index (χ1) is 14.3. The van der Waals surface area contributed by atoms with E-state index >= 15 is 0 Å². The molecule has 144 valence electrons. The zero-order valence-electron chi connectivity index (χ0n) is 15.2. The average Bonchev–Trinajstić information content (AvgIpc) is 3.52. The molecule has 0 amide bonds. The van der Waals surface area contributed by atoms with Gasteiger partial charge in [-0.1, -0.05) is 11.2 Å². The van der Waals surface area contributed by atoms with E-state index in [2.05, 4.69) is 20.2 Å². The SMILES string of the molecule is c1cncc(-c2noc(-c3cc4n(n3)CC(c3ccc5c(c3)OCO5)OC4)n2)c1. The lowest BCUT2D eigenvalue weighted by Gasteiger charge is -2.24. The van der Waals surface area contributed by atoms with E-state index in [9.17, 15) is 0 Å². The van der Waals surface area contributed by atoms with E-state index < -0.39 is 0 Å². The van der Waals surface area contributed by atoms with E-state index in [0.29, 0.717) is 30.6 Å². The van der Waals surface area contributed by atoms with Crippen LogP contribution in [0.5, 0.6) is 11.5 Å². The Bertz CT molecular complexity index is 1190. The van der Waals surface area contributed by atoms with E-state index in [1.54, 1.807) is 12.4 Å². The van der Waals surface area contributed by atoms with Crippen molar-refractivity contribution < 1.29 is 18.7 Å². The van der Waals surface area contributed by atoms with Gasteiger partial charge in [0.05, 0.1) is 18.8 Å². The van der Waals surface area contributed by atoms with Crippen molar-refractivity contribution in [2.24, 2.45) is 0 Å². The molecule has 2 aliphatic rings. The highest BCUT2D eigenvalue weighted by molar-refractivity contribution is 5.56. The smallest absolute Gasteiger partial charge is 0.278 e. The maximum absolute atomic E-state index is 6.04. The normalized spacial score (nSPS) is 17.3. The highest BCUT2D eigenvalue weighted by atomic mass is 16.7. The molecule has 9 nitrogen and oxygen atoms in total. The lowest BCUT2D eigenvalue weighted by molar-refractivity contribution is -0.00122. The van der Waals surface area contributed by atoms with Crippen LogP contribution in [0.15, 0.2) is 53.3 Å². The Morgan fingerprint density at radius 2 is 2.03 bits per heavy atom. The standard InChI is InChI=1S/C20H15N5O4/c1-2-13(8-21-5-1)19-22-20(29-24-19)15-7-14-10-26-18(9-25(14)23-15)12-3-4-16-17(6-12)28-11-27-16/h1-8,18H,9-11H2. The minimum absolute atomic E-state index is 0.126. The number of hydrogen-bond donors (Lipinski definition) is 0. The molecule has 5 heterocycles. The Kier molecular flexibility index (Phi) is 3.60. The predicted molar refractivity (Wildman–Crippen MR) is 98.8 cm³/mol. The second-order valence-electron chi connectivity index (χ2n) is 6.78. The summed E-state index contributed by atoms with van der Waals surface area (Å²) in [6, 6.07) is 11.5. The van der Waals surface area contributed by atoms with Crippen LogP contribution in [0.1, 0.15) is 17.4 Å². The topological polar surface area (TPSA) is 97.3 Å².